The van der Waals surface area contributed by atoms with Crippen LogP contribution in [-0.2, 0) is 6.42 Å². The number of ether oxygens (including phenoxy) is 1. The van der Waals surface area contributed by atoms with E-state index in [4.69, 9.17) is 4.74 Å². The molecule has 0 aromatic heterocycles. The summed E-state index contributed by atoms with van der Waals surface area (Å²) in [5, 5.41) is 3.22. The number of aryl methyl sites for hydroxylation is 1. The number of carbonyl (C=O) groups is 1. The van der Waals surface area contributed by atoms with E-state index in [9.17, 15) is 4.79 Å². The molecule has 0 amide bonds. The van der Waals surface area contributed by atoms with E-state index < -0.39 is 5.54 Å². The molecular formula is C15H21NO2. The average molecular weight is 247 g/mol. The Bertz CT molecular complexity index is 452. The summed E-state index contributed by atoms with van der Waals surface area (Å²) in [6, 6.07) is 5.86. The van der Waals surface area contributed by atoms with Crippen molar-refractivity contribution < 1.29 is 9.53 Å². The van der Waals surface area contributed by atoms with E-state index in [-0.39, 0.29) is 5.78 Å². The molecule has 0 atom stereocenters. The molecule has 1 heterocycles. The Morgan fingerprint density at radius 2 is 2.22 bits per heavy atom. The monoisotopic (exact) mass is 247 g/mol. The first kappa shape index (κ1) is 13.1. The predicted molar refractivity (Wildman–Crippen MR) is 72.3 cm³/mol. The van der Waals surface area contributed by atoms with Gasteiger partial charge in [-0.25, -0.2) is 0 Å². The van der Waals surface area contributed by atoms with Crippen LogP contribution in [0.25, 0.3) is 0 Å². The second-order valence-corrected chi connectivity index (χ2v) is 5.23. The van der Waals surface area contributed by atoms with Gasteiger partial charge >= 0.3 is 0 Å². The van der Waals surface area contributed by atoms with E-state index in [2.05, 4.69) is 5.32 Å². The van der Waals surface area contributed by atoms with Crippen LogP contribution >= 0.6 is 0 Å². The van der Waals surface area contributed by atoms with Crippen molar-refractivity contribution in [2.45, 2.75) is 39.2 Å². The van der Waals surface area contributed by atoms with Gasteiger partial charge in [0.05, 0.1) is 17.7 Å². The molecule has 0 fully saturated rings. The molecule has 18 heavy (non-hydrogen) atoms. The Hall–Kier alpha value is -1.35. The number of fused-ring (bicyclic) bond motifs is 1. The second-order valence-electron chi connectivity index (χ2n) is 5.23. The van der Waals surface area contributed by atoms with Gasteiger partial charge in [0.15, 0.2) is 5.78 Å². The molecule has 1 aromatic carbocycles. The number of benzene rings is 1. The molecule has 0 spiro atoms. The van der Waals surface area contributed by atoms with Gasteiger partial charge in [-0.2, -0.15) is 0 Å². The van der Waals surface area contributed by atoms with Crippen molar-refractivity contribution in [1.82, 2.24) is 5.32 Å². The molecule has 0 saturated carbocycles. The van der Waals surface area contributed by atoms with Crippen molar-refractivity contribution in [3.63, 3.8) is 0 Å². The highest BCUT2D eigenvalue weighted by Crippen LogP contribution is 2.31. The third-order valence-electron chi connectivity index (χ3n) is 3.36. The van der Waals surface area contributed by atoms with E-state index in [0.29, 0.717) is 12.2 Å². The SMILES string of the molecule is CCNC(C)(C)C(=O)c1cccc2c1OCCC2. The van der Waals surface area contributed by atoms with Crippen LogP contribution in [-0.4, -0.2) is 24.5 Å². The van der Waals surface area contributed by atoms with Gasteiger partial charge in [-0.05, 0) is 44.9 Å². The highest BCUT2D eigenvalue weighted by molar-refractivity contribution is 6.05. The van der Waals surface area contributed by atoms with E-state index in [0.717, 1.165) is 30.7 Å². The van der Waals surface area contributed by atoms with Gasteiger partial charge in [-0.1, -0.05) is 19.1 Å². The highest BCUT2D eigenvalue weighted by atomic mass is 16.5. The number of hydrogen-bond acceptors (Lipinski definition) is 3. The normalized spacial score (nSPS) is 14.8. The van der Waals surface area contributed by atoms with Crippen molar-refractivity contribution in [2.75, 3.05) is 13.2 Å². The largest absolute Gasteiger partial charge is 0.493 e. The maximum absolute atomic E-state index is 12.6. The topological polar surface area (TPSA) is 38.3 Å². The summed E-state index contributed by atoms with van der Waals surface area (Å²) in [5.74, 6) is 0.892. The summed E-state index contributed by atoms with van der Waals surface area (Å²) in [6.45, 7) is 7.32. The number of likely N-dealkylation sites (N-methyl/N-ethyl adjacent to an activating group) is 1. The lowest BCUT2D eigenvalue weighted by Crippen LogP contribution is -2.46. The zero-order valence-corrected chi connectivity index (χ0v) is 11.4. The summed E-state index contributed by atoms with van der Waals surface area (Å²) in [6.07, 6.45) is 2.03. The third kappa shape index (κ3) is 2.41. The fourth-order valence-electron chi connectivity index (χ4n) is 2.43. The summed E-state index contributed by atoms with van der Waals surface area (Å²) < 4.78 is 5.70. The molecule has 3 nitrogen and oxygen atoms in total. The van der Waals surface area contributed by atoms with Gasteiger partial charge in [0.1, 0.15) is 5.75 Å². The first-order valence-electron chi connectivity index (χ1n) is 6.61. The zero-order valence-electron chi connectivity index (χ0n) is 11.4. The van der Waals surface area contributed by atoms with Crippen molar-refractivity contribution in [3.05, 3.63) is 29.3 Å². The summed E-state index contributed by atoms with van der Waals surface area (Å²) in [5.41, 5.74) is 1.31. The summed E-state index contributed by atoms with van der Waals surface area (Å²) in [7, 11) is 0. The lowest BCUT2D eigenvalue weighted by molar-refractivity contribution is 0.0878. The van der Waals surface area contributed by atoms with Crippen molar-refractivity contribution in [1.29, 1.82) is 0 Å². The molecule has 1 aliphatic heterocycles. The van der Waals surface area contributed by atoms with Crippen molar-refractivity contribution >= 4 is 5.78 Å². The predicted octanol–water partition coefficient (Wildman–Crippen LogP) is 2.58. The fourth-order valence-corrected chi connectivity index (χ4v) is 2.43. The Morgan fingerprint density at radius 3 is 2.94 bits per heavy atom. The Balaban J connectivity index is 2.36. The van der Waals surface area contributed by atoms with E-state index in [1.165, 1.54) is 0 Å². The maximum atomic E-state index is 12.6. The lowest BCUT2D eigenvalue weighted by atomic mass is 9.90. The van der Waals surface area contributed by atoms with Crippen LogP contribution in [0.1, 0.15) is 43.1 Å². The fraction of sp³-hybridized carbons (Fsp3) is 0.533. The van der Waals surface area contributed by atoms with E-state index in [1.807, 2.05) is 39.0 Å². The number of hydrogen-bond donors (Lipinski definition) is 1. The molecule has 1 N–H and O–H groups in total. The first-order chi connectivity index (χ1) is 8.56. The van der Waals surface area contributed by atoms with Crippen molar-refractivity contribution in [2.24, 2.45) is 0 Å². The third-order valence-corrected chi connectivity index (χ3v) is 3.36. The molecule has 3 heteroatoms. The number of carbonyl (C=O) groups excluding carboxylic acids is 1. The lowest BCUT2D eigenvalue weighted by Gasteiger charge is -2.27. The van der Waals surface area contributed by atoms with E-state index >= 15 is 0 Å². The number of Topliss-reactive ketones (excluding diaryl/α,β-unsaturated/α-hetero) is 1. The van der Waals surface area contributed by atoms with Gasteiger partial charge in [0.25, 0.3) is 0 Å². The molecule has 0 bridgehead atoms. The van der Waals surface area contributed by atoms with Crippen LogP contribution in [0.2, 0.25) is 0 Å². The molecule has 0 unspecified atom stereocenters. The average Bonchev–Trinajstić information content (AvgIpc) is 2.37. The van der Waals surface area contributed by atoms with Crippen LogP contribution in [0.4, 0.5) is 0 Å². The Labute approximate surface area is 109 Å². The molecule has 1 aromatic rings. The summed E-state index contributed by atoms with van der Waals surface area (Å²) in [4.78, 5) is 12.6. The number of nitrogens with one attached hydrogen (secondary N) is 1. The molecule has 2 rings (SSSR count). The second kappa shape index (κ2) is 5.11. The van der Waals surface area contributed by atoms with Crippen LogP contribution in [0, 0.1) is 0 Å². The minimum Gasteiger partial charge on any atom is -0.493 e. The van der Waals surface area contributed by atoms with Crippen molar-refractivity contribution in [3.8, 4) is 5.75 Å². The number of ketones is 1. The van der Waals surface area contributed by atoms with Crippen LogP contribution in [0.5, 0.6) is 5.75 Å². The Morgan fingerprint density at radius 1 is 1.44 bits per heavy atom. The molecule has 0 saturated heterocycles. The first-order valence-corrected chi connectivity index (χ1v) is 6.61. The van der Waals surface area contributed by atoms with Crippen LogP contribution in [0.3, 0.4) is 0 Å². The summed E-state index contributed by atoms with van der Waals surface area (Å²) >= 11 is 0. The van der Waals surface area contributed by atoms with Gasteiger partial charge in [0, 0.05) is 0 Å². The van der Waals surface area contributed by atoms with Gasteiger partial charge < -0.3 is 10.1 Å². The quantitative estimate of drug-likeness (QED) is 0.831. The molecule has 1 aliphatic rings. The van der Waals surface area contributed by atoms with Gasteiger partial charge in [-0.15, -0.1) is 0 Å². The zero-order chi connectivity index (χ0) is 13.2. The Kier molecular flexibility index (Phi) is 3.71. The highest BCUT2D eigenvalue weighted by Gasteiger charge is 2.30. The minimum absolute atomic E-state index is 0.100. The number of rotatable bonds is 4. The molecule has 98 valence electrons. The molecule has 0 radical (unpaired) electrons. The molecular weight excluding hydrogens is 226 g/mol. The van der Waals surface area contributed by atoms with Gasteiger partial charge in [-0.3, -0.25) is 4.79 Å². The number of para-hydroxylation sites is 1. The van der Waals surface area contributed by atoms with E-state index in [1.54, 1.807) is 0 Å². The maximum Gasteiger partial charge on any atom is 0.186 e. The van der Waals surface area contributed by atoms with Crippen LogP contribution in [0.15, 0.2) is 18.2 Å². The smallest absolute Gasteiger partial charge is 0.186 e. The standard InChI is InChI=1S/C15H21NO2/c1-4-16-15(2,3)14(17)12-9-5-7-11-8-6-10-18-13(11)12/h5,7,9,16H,4,6,8,10H2,1-3H3. The minimum atomic E-state index is -0.551. The van der Waals surface area contributed by atoms with Gasteiger partial charge in [0.2, 0.25) is 0 Å². The molecule has 0 aliphatic carbocycles. The van der Waals surface area contributed by atoms with Crippen LogP contribution < -0.4 is 10.1 Å².